The maximum Gasteiger partial charge on any atom is 2.00 e. The van der Waals surface area contributed by atoms with Gasteiger partial charge in [0.25, 0.3) is 0 Å². The average Bonchev–Trinajstić information content (AvgIpc) is 1.93. The van der Waals surface area contributed by atoms with E-state index in [9.17, 15) is 9.59 Å². The van der Waals surface area contributed by atoms with E-state index >= 15 is 0 Å². The Labute approximate surface area is 83.6 Å². The summed E-state index contributed by atoms with van der Waals surface area (Å²) in [6.45, 7) is 3.90. The van der Waals surface area contributed by atoms with Crippen molar-refractivity contribution in [2.24, 2.45) is 0 Å². The van der Waals surface area contributed by atoms with Gasteiger partial charge in [0.1, 0.15) is 0 Å². The Kier molecular flexibility index (Phi) is 35.2. The fourth-order valence-electron chi connectivity index (χ4n) is 0.204. The van der Waals surface area contributed by atoms with Crippen LogP contribution < -0.4 is 0 Å². The maximum absolute atomic E-state index is 9.28. The largest absolute Gasteiger partial charge is 2.00 e. The van der Waals surface area contributed by atoms with Crippen LogP contribution in [0.1, 0.15) is 39.5 Å². The van der Waals surface area contributed by atoms with Crippen LogP contribution >= 0.6 is 0 Å². The van der Waals surface area contributed by atoms with Gasteiger partial charge in [0.15, 0.2) is 0 Å². The van der Waals surface area contributed by atoms with Crippen LogP contribution in [0.5, 0.6) is 0 Å². The van der Waals surface area contributed by atoms with Crippen LogP contribution in [-0.2, 0) is 31.3 Å². The summed E-state index contributed by atoms with van der Waals surface area (Å²) in [6, 6.07) is 0. The van der Waals surface area contributed by atoms with Crippen molar-refractivity contribution in [3.05, 3.63) is 0 Å². The third-order valence-electron chi connectivity index (χ3n) is 0.704. The molecule has 0 rings (SSSR count). The summed E-state index contributed by atoms with van der Waals surface area (Å²) in [6.07, 6.45) is 6.54. The Morgan fingerprint density at radius 3 is 1.18 bits per heavy atom. The normalized spacial score (nSPS) is 6.73. The molecule has 0 aromatic rings. The van der Waals surface area contributed by atoms with Gasteiger partial charge < -0.3 is 9.59 Å². The van der Waals surface area contributed by atoms with Crippen molar-refractivity contribution in [2.45, 2.75) is 39.5 Å². The number of rotatable bonds is 4. The predicted molar refractivity (Wildman–Crippen MR) is 41.2 cm³/mol. The smallest absolute Gasteiger partial charge is 0.542 e. The van der Waals surface area contributed by atoms with Crippen LogP contribution in [0, 0.1) is 0 Å². The van der Waals surface area contributed by atoms with Crippen LogP contribution in [0.2, 0.25) is 0 Å². The quantitative estimate of drug-likeness (QED) is 0.500. The summed E-state index contributed by atoms with van der Waals surface area (Å²) < 4.78 is 0. The first-order valence-corrected chi connectivity index (χ1v) is 3.53. The molecule has 0 bridgehead atoms. The number of carbonyl (C=O) groups excluding carboxylic acids is 2. The van der Waals surface area contributed by atoms with Crippen molar-refractivity contribution in [3.8, 4) is 0 Å². The van der Waals surface area contributed by atoms with Gasteiger partial charge in [-0.2, -0.15) is 12.8 Å². The molecule has 3 heteroatoms. The first-order chi connectivity index (χ1) is 4.83. The molecule has 0 saturated carbocycles. The number of unbranched alkanes of at least 4 members (excludes halogenated alkanes) is 2. The van der Waals surface area contributed by atoms with Gasteiger partial charge in [0.05, 0.1) is 0 Å². The summed E-state index contributed by atoms with van der Waals surface area (Å²) in [5, 5.41) is 0. The summed E-state index contributed by atoms with van der Waals surface area (Å²) >= 11 is 0. The van der Waals surface area contributed by atoms with E-state index in [0.717, 1.165) is 12.8 Å². The monoisotopic (exact) mass is 190 g/mol. The van der Waals surface area contributed by atoms with Crippen molar-refractivity contribution in [1.29, 1.82) is 0 Å². The predicted octanol–water partition coefficient (Wildman–Crippen LogP) is 1.79. The van der Waals surface area contributed by atoms with E-state index in [-0.39, 0.29) is 21.7 Å². The molecule has 0 spiro atoms. The molecule has 62 valence electrons. The second kappa shape index (κ2) is 22.5. The molecule has 11 heavy (non-hydrogen) atoms. The number of hydrogen-bond acceptors (Lipinski definition) is 2. The summed E-state index contributed by atoms with van der Waals surface area (Å²) in [5.41, 5.74) is 0. The SMILES string of the molecule is CCC[C-]=O.CCC[C-]=O.[Ti+2]. The molecule has 0 unspecified atom stereocenters. The van der Waals surface area contributed by atoms with Crippen LogP contribution in [0.4, 0.5) is 0 Å². The zero-order valence-electron chi connectivity index (χ0n) is 7.14. The van der Waals surface area contributed by atoms with Gasteiger partial charge in [0, 0.05) is 0 Å². The van der Waals surface area contributed by atoms with E-state index in [1.165, 1.54) is 0 Å². The minimum atomic E-state index is 0. The van der Waals surface area contributed by atoms with Crippen LogP contribution in [0.15, 0.2) is 0 Å². The number of hydrogen-bond donors (Lipinski definition) is 0. The van der Waals surface area contributed by atoms with Crippen LogP contribution in [0.25, 0.3) is 0 Å². The van der Waals surface area contributed by atoms with Crippen molar-refractivity contribution in [3.63, 3.8) is 0 Å². The minimum absolute atomic E-state index is 0. The van der Waals surface area contributed by atoms with Gasteiger partial charge in [-0.05, 0) is 0 Å². The van der Waals surface area contributed by atoms with Gasteiger partial charge in [-0.1, -0.05) is 26.7 Å². The average molecular weight is 190 g/mol. The van der Waals surface area contributed by atoms with Gasteiger partial charge >= 0.3 is 21.7 Å². The minimum Gasteiger partial charge on any atom is -0.542 e. The molecule has 0 aromatic heterocycles. The Morgan fingerprint density at radius 1 is 0.909 bits per heavy atom. The van der Waals surface area contributed by atoms with Crippen LogP contribution in [0.3, 0.4) is 0 Å². The molecular weight excluding hydrogens is 176 g/mol. The van der Waals surface area contributed by atoms with Crippen molar-refractivity contribution < 1.29 is 31.3 Å². The topological polar surface area (TPSA) is 34.1 Å². The molecule has 0 aromatic carbocycles. The van der Waals surface area contributed by atoms with Gasteiger partial charge in [-0.25, -0.2) is 0 Å². The van der Waals surface area contributed by atoms with Gasteiger partial charge in [-0.15, -0.1) is 0 Å². The second-order valence-corrected chi connectivity index (χ2v) is 1.79. The molecule has 2 nitrogen and oxygen atoms in total. The molecule has 0 saturated heterocycles. The Balaban J connectivity index is -0.000000107. The summed E-state index contributed by atoms with van der Waals surface area (Å²) in [7, 11) is 0. The molecule has 0 amide bonds. The third kappa shape index (κ3) is 39.7. The van der Waals surface area contributed by atoms with Crippen molar-refractivity contribution in [2.75, 3.05) is 0 Å². The Hall–Kier alpha value is 0.0543. The van der Waals surface area contributed by atoms with E-state index in [4.69, 9.17) is 0 Å². The van der Waals surface area contributed by atoms with E-state index in [1.807, 2.05) is 13.8 Å². The maximum atomic E-state index is 9.28. The zero-order chi connectivity index (χ0) is 8.24. The molecular formula is C8H14O2Ti. The molecule has 0 atom stereocenters. The third-order valence-corrected chi connectivity index (χ3v) is 0.704. The molecule has 0 radical (unpaired) electrons. The fraction of sp³-hybridized carbons (Fsp3) is 0.750. The Morgan fingerprint density at radius 2 is 1.18 bits per heavy atom. The molecule has 0 aliphatic rings. The molecule has 0 fully saturated rings. The van der Waals surface area contributed by atoms with Crippen LogP contribution in [-0.4, -0.2) is 12.6 Å². The van der Waals surface area contributed by atoms with Gasteiger partial charge in [-0.3, -0.25) is 12.6 Å². The van der Waals surface area contributed by atoms with Gasteiger partial charge in [0.2, 0.25) is 0 Å². The Bertz CT molecular complexity index is 64.5. The summed E-state index contributed by atoms with van der Waals surface area (Å²) in [5.74, 6) is 0. The second-order valence-electron chi connectivity index (χ2n) is 1.79. The standard InChI is InChI=1S/2C4H7O.Ti/c2*1-2-3-4-5;/h2*2-3H2,1H3;/q2*-1;+2. The zero-order valence-corrected chi connectivity index (χ0v) is 8.71. The fourth-order valence-corrected chi connectivity index (χ4v) is 0.204. The summed E-state index contributed by atoms with van der Waals surface area (Å²) in [4.78, 5) is 18.6. The first-order valence-electron chi connectivity index (χ1n) is 3.53. The van der Waals surface area contributed by atoms with E-state index in [1.54, 1.807) is 12.6 Å². The first kappa shape index (κ1) is 17.2. The molecule has 0 aliphatic carbocycles. The van der Waals surface area contributed by atoms with E-state index in [2.05, 4.69) is 0 Å². The van der Waals surface area contributed by atoms with E-state index in [0.29, 0.717) is 12.8 Å². The van der Waals surface area contributed by atoms with E-state index < -0.39 is 0 Å². The molecule has 0 heterocycles. The van der Waals surface area contributed by atoms with Crippen molar-refractivity contribution in [1.82, 2.24) is 0 Å². The molecule has 0 aliphatic heterocycles. The molecule has 0 N–H and O–H groups in total. The van der Waals surface area contributed by atoms with Crippen molar-refractivity contribution >= 4 is 12.6 Å².